The average Bonchev–Trinajstić information content (AvgIpc) is 2.88. The molecule has 7 heteroatoms. The number of nitrogens with zero attached hydrogens (tertiary/aromatic N) is 1. The number of aliphatic carboxylic acids is 1. The summed E-state index contributed by atoms with van der Waals surface area (Å²) in [7, 11) is 1.62. The molecule has 0 aromatic heterocycles. The number of nitrogens with one attached hydrogen (secondary N) is 1. The highest BCUT2D eigenvalue weighted by molar-refractivity contribution is 5.77. The molecule has 0 spiro atoms. The maximum Gasteiger partial charge on any atom is 0.317 e. The molecule has 2 saturated heterocycles. The molecule has 2 heterocycles. The van der Waals surface area contributed by atoms with E-state index >= 15 is 0 Å². The van der Waals surface area contributed by atoms with Crippen LogP contribution in [0.15, 0.2) is 0 Å². The second kappa shape index (κ2) is 6.21. The predicted octanol–water partition coefficient (Wildman–Crippen LogP) is -0.0936. The van der Waals surface area contributed by atoms with E-state index in [4.69, 9.17) is 14.6 Å². The molecule has 2 aliphatic heterocycles. The number of carboxylic acid groups (broad SMARTS) is 1. The van der Waals surface area contributed by atoms with Crippen LogP contribution in [-0.2, 0) is 14.3 Å². The summed E-state index contributed by atoms with van der Waals surface area (Å²) in [5, 5.41) is 12.0. The Bertz CT molecular complexity index is 343. The van der Waals surface area contributed by atoms with Crippen molar-refractivity contribution in [1.29, 1.82) is 0 Å². The highest BCUT2D eigenvalue weighted by atomic mass is 16.5. The summed E-state index contributed by atoms with van der Waals surface area (Å²) in [4.78, 5) is 24.6. The monoisotopic (exact) mass is 272 g/mol. The number of urea groups is 1. The van der Waals surface area contributed by atoms with E-state index in [1.165, 1.54) is 4.90 Å². The van der Waals surface area contributed by atoms with Gasteiger partial charge in [-0.05, 0) is 12.8 Å². The molecule has 0 saturated carbocycles. The quantitative estimate of drug-likeness (QED) is 0.749. The second-order valence-electron chi connectivity index (χ2n) is 5.00. The van der Waals surface area contributed by atoms with Gasteiger partial charge >= 0.3 is 12.0 Å². The number of carbonyl (C=O) groups excluding carboxylic acids is 1. The number of carbonyl (C=O) groups is 2. The van der Waals surface area contributed by atoms with Crippen LogP contribution >= 0.6 is 0 Å². The van der Waals surface area contributed by atoms with Gasteiger partial charge in [0.1, 0.15) is 5.92 Å². The Balaban J connectivity index is 1.88. The van der Waals surface area contributed by atoms with Crippen molar-refractivity contribution in [2.45, 2.75) is 24.9 Å². The lowest BCUT2D eigenvalue weighted by molar-refractivity contribution is -0.142. The highest BCUT2D eigenvalue weighted by Crippen LogP contribution is 2.19. The SMILES string of the molecule is CN(C(=O)NC1CCOCC1)C1COCC1C(=O)O. The average molecular weight is 272 g/mol. The summed E-state index contributed by atoms with van der Waals surface area (Å²) in [5.41, 5.74) is 0. The predicted molar refractivity (Wildman–Crippen MR) is 65.9 cm³/mol. The molecule has 108 valence electrons. The fourth-order valence-corrected chi connectivity index (χ4v) is 2.43. The zero-order chi connectivity index (χ0) is 13.8. The van der Waals surface area contributed by atoms with E-state index in [-0.39, 0.29) is 25.3 Å². The Morgan fingerprint density at radius 1 is 1.21 bits per heavy atom. The maximum absolute atomic E-state index is 12.1. The third-order valence-electron chi connectivity index (χ3n) is 3.73. The van der Waals surface area contributed by atoms with E-state index in [1.807, 2.05) is 0 Å². The van der Waals surface area contributed by atoms with Crippen LogP contribution < -0.4 is 5.32 Å². The largest absolute Gasteiger partial charge is 0.481 e. The van der Waals surface area contributed by atoms with Crippen LogP contribution in [0.1, 0.15) is 12.8 Å². The van der Waals surface area contributed by atoms with Gasteiger partial charge in [0, 0.05) is 26.3 Å². The molecule has 19 heavy (non-hydrogen) atoms. The van der Waals surface area contributed by atoms with Crippen molar-refractivity contribution in [2.75, 3.05) is 33.5 Å². The maximum atomic E-state index is 12.1. The van der Waals surface area contributed by atoms with Crippen molar-refractivity contribution < 1.29 is 24.2 Å². The lowest BCUT2D eigenvalue weighted by atomic mass is 10.0. The minimum atomic E-state index is -0.923. The Kier molecular flexibility index (Phi) is 4.60. The van der Waals surface area contributed by atoms with Crippen molar-refractivity contribution in [3.05, 3.63) is 0 Å². The molecule has 2 N–H and O–H groups in total. The molecule has 0 bridgehead atoms. The van der Waals surface area contributed by atoms with Gasteiger partial charge in [-0.15, -0.1) is 0 Å². The van der Waals surface area contributed by atoms with Gasteiger partial charge in [-0.1, -0.05) is 0 Å². The summed E-state index contributed by atoms with van der Waals surface area (Å²) < 4.78 is 10.4. The molecule has 0 aliphatic carbocycles. The van der Waals surface area contributed by atoms with Gasteiger partial charge in [-0.2, -0.15) is 0 Å². The van der Waals surface area contributed by atoms with Crippen molar-refractivity contribution in [2.24, 2.45) is 5.92 Å². The number of rotatable bonds is 3. The summed E-state index contributed by atoms with van der Waals surface area (Å²) in [6.45, 7) is 1.74. The molecule has 2 fully saturated rings. The Morgan fingerprint density at radius 3 is 2.53 bits per heavy atom. The standard InChI is InChI=1S/C12H20N2O5/c1-14(10-7-19-6-9(10)11(15)16)12(17)13-8-2-4-18-5-3-8/h8-10H,2-7H2,1H3,(H,13,17)(H,15,16). The minimum Gasteiger partial charge on any atom is -0.481 e. The lowest BCUT2D eigenvalue weighted by Gasteiger charge is -2.30. The smallest absolute Gasteiger partial charge is 0.317 e. The van der Waals surface area contributed by atoms with Gasteiger partial charge in [0.2, 0.25) is 0 Å². The van der Waals surface area contributed by atoms with Gasteiger partial charge < -0.3 is 24.8 Å². The van der Waals surface area contributed by atoms with Gasteiger partial charge in [0.15, 0.2) is 0 Å². The van der Waals surface area contributed by atoms with Gasteiger partial charge in [0.25, 0.3) is 0 Å². The summed E-state index contributed by atoms with van der Waals surface area (Å²) in [6.07, 6.45) is 1.59. The fourth-order valence-electron chi connectivity index (χ4n) is 2.43. The van der Waals surface area contributed by atoms with Crippen LogP contribution in [-0.4, -0.2) is 67.6 Å². The molecule has 2 unspecified atom stereocenters. The first kappa shape index (κ1) is 14.1. The van der Waals surface area contributed by atoms with Gasteiger partial charge in [-0.3, -0.25) is 4.79 Å². The van der Waals surface area contributed by atoms with Crippen LogP contribution in [0.25, 0.3) is 0 Å². The molecular weight excluding hydrogens is 252 g/mol. The highest BCUT2D eigenvalue weighted by Gasteiger charge is 2.38. The number of ether oxygens (including phenoxy) is 2. The molecule has 0 radical (unpaired) electrons. The van der Waals surface area contributed by atoms with E-state index < -0.39 is 17.9 Å². The molecule has 7 nitrogen and oxygen atoms in total. The van der Waals surface area contributed by atoms with Crippen LogP contribution in [0.4, 0.5) is 4.79 Å². The van der Waals surface area contributed by atoms with E-state index in [9.17, 15) is 9.59 Å². The van der Waals surface area contributed by atoms with Crippen LogP contribution in [0.5, 0.6) is 0 Å². The third kappa shape index (κ3) is 3.36. The number of hydrogen-bond acceptors (Lipinski definition) is 4. The van der Waals surface area contributed by atoms with E-state index in [0.717, 1.165) is 12.8 Å². The summed E-state index contributed by atoms with van der Waals surface area (Å²) in [5.74, 6) is -1.57. The zero-order valence-corrected chi connectivity index (χ0v) is 11.0. The Morgan fingerprint density at radius 2 is 1.89 bits per heavy atom. The number of carboxylic acids is 1. The van der Waals surface area contributed by atoms with E-state index in [0.29, 0.717) is 13.2 Å². The third-order valence-corrected chi connectivity index (χ3v) is 3.73. The first-order valence-corrected chi connectivity index (χ1v) is 6.51. The fraction of sp³-hybridized carbons (Fsp3) is 0.833. The Hall–Kier alpha value is -1.34. The molecule has 2 aliphatic rings. The normalized spacial score (nSPS) is 28.1. The molecule has 2 atom stereocenters. The van der Waals surface area contributed by atoms with Crippen molar-refractivity contribution >= 4 is 12.0 Å². The first-order chi connectivity index (χ1) is 9.09. The molecule has 2 amide bonds. The van der Waals surface area contributed by atoms with Crippen LogP contribution in [0, 0.1) is 5.92 Å². The minimum absolute atomic E-state index is 0.106. The first-order valence-electron chi connectivity index (χ1n) is 6.51. The number of hydrogen-bond donors (Lipinski definition) is 2. The van der Waals surface area contributed by atoms with Crippen LogP contribution in [0.2, 0.25) is 0 Å². The number of amides is 2. The lowest BCUT2D eigenvalue weighted by Crippen LogP contribution is -2.51. The van der Waals surface area contributed by atoms with Crippen molar-refractivity contribution in [3.63, 3.8) is 0 Å². The topological polar surface area (TPSA) is 88.1 Å². The second-order valence-corrected chi connectivity index (χ2v) is 5.00. The molecule has 2 rings (SSSR count). The molecular formula is C12H20N2O5. The summed E-state index contributed by atoms with van der Waals surface area (Å²) >= 11 is 0. The van der Waals surface area contributed by atoms with E-state index in [2.05, 4.69) is 5.32 Å². The van der Waals surface area contributed by atoms with Crippen molar-refractivity contribution in [1.82, 2.24) is 10.2 Å². The van der Waals surface area contributed by atoms with E-state index in [1.54, 1.807) is 7.05 Å². The van der Waals surface area contributed by atoms with Gasteiger partial charge in [0.05, 0.1) is 19.3 Å². The zero-order valence-electron chi connectivity index (χ0n) is 11.0. The molecule has 0 aromatic carbocycles. The van der Waals surface area contributed by atoms with Crippen LogP contribution in [0.3, 0.4) is 0 Å². The van der Waals surface area contributed by atoms with Gasteiger partial charge in [-0.25, -0.2) is 4.79 Å². The summed E-state index contributed by atoms with van der Waals surface area (Å²) in [6, 6.07) is -0.541. The number of likely N-dealkylation sites (N-methyl/N-ethyl adjacent to an activating group) is 1. The van der Waals surface area contributed by atoms with Crippen molar-refractivity contribution in [3.8, 4) is 0 Å². The Labute approximate surface area is 111 Å². The molecule has 0 aromatic rings.